The molecule has 0 aliphatic rings. The number of aromatic nitrogens is 2. The Morgan fingerprint density at radius 2 is 1.83 bits per heavy atom. The molecule has 0 amide bonds. The lowest BCUT2D eigenvalue weighted by atomic mass is 9.99. The second-order valence-corrected chi connectivity index (χ2v) is 6.75. The zero-order valence-electron chi connectivity index (χ0n) is 16.1. The van der Waals surface area contributed by atoms with Crippen LogP contribution in [0, 0.1) is 18.3 Å². The van der Waals surface area contributed by atoms with E-state index in [-0.39, 0.29) is 23.0 Å². The molecule has 3 aromatic rings. The molecular weight excluding hydrogens is 399 g/mol. The molecule has 10 heteroatoms. The maximum absolute atomic E-state index is 13.4. The molecule has 3 rings (SSSR count). The molecule has 0 radical (unpaired) electrons. The van der Waals surface area contributed by atoms with Crippen molar-refractivity contribution in [3.63, 3.8) is 0 Å². The van der Waals surface area contributed by atoms with Crippen LogP contribution in [0.2, 0.25) is 0 Å². The summed E-state index contributed by atoms with van der Waals surface area (Å²) in [5, 5.41) is 28.0. The van der Waals surface area contributed by atoms with Gasteiger partial charge < -0.3 is 20.6 Å². The van der Waals surface area contributed by atoms with Crippen molar-refractivity contribution in [3.8, 4) is 17.5 Å². The second kappa shape index (κ2) is 8.04. The van der Waals surface area contributed by atoms with Crippen molar-refractivity contribution < 1.29 is 22.7 Å². The summed E-state index contributed by atoms with van der Waals surface area (Å²) in [4.78, 5) is 0. The molecule has 0 aliphatic heterocycles. The van der Waals surface area contributed by atoms with Gasteiger partial charge in [0.2, 0.25) is 11.8 Å². The van der Waals surface area contributed by atoms with Gasteiger partial charge in [0, 0.05) is 23.9 Å². The minimum absolute atomic E-state index is 0.0571. The van der Waals surface area contributed by atoms with E-state index in [1.165, 1.54) is 13.0 Å². The molecule has 0 saturated carbocycles. The van der Waals surface area contributed by atoms with E-state index in [1.54, 1.807) is 37.3 Å². The van der Waals surface area contributed by atoms with E-state index in [1.807, 2.05) is 0 Å². The highest BCUT2D eigenvalue weighted by molar-refractivity contribution is 5.61. The summed E-state index contributed by atoms with van der Waals surface area (Å²) in [6.45, 7) is 2.82. The fourth-order valence-corrected chi connectivity index (χ4v) is 3.00. The lowest BCUT2D eigenvalue weighted by molar-refractivity contribution is -0.138. The maximum Gasteiger partial charge on any atom is 0.418 e. The van der Waals surface area contributed by atoms with Crippen LogP contribution < -0.4 is 11.1 Å². The number of hydrogen-bond acceptors (Lipinski definition) is 6. The van der Waals surface area contributed by atoms with Crippen molar-refractivity contribution in [2.24, 2.45) is 0 Å². The van der Waals surface area contributed by atoms with Crippen molar-refractivity contribution >= 4 is 11.4 Å². The van der Waals surface area contributed by atoms with Gasteiger partial charge in [-0.05, 0) is 48.9 Å². The van der Waals surface area contributed by atoms with Crippen LogP contribution in [0.1, 0.15) is 35.5 Å². The van der Waals surface area contributed by atoms with Crippen molar-refractivity contribution in [1.29, 1.82) is 5.26 Å². The number of nitrogen functional groups attached to an aromatic ring is 1. The van der Waals surface area contributed by atoms with Crippen molar-refractivity contribution in [1.82, 2.24) is 10.2 Å². The number of nitrogens with one attached hydrogen (secondary N) is 1. The van der Waals surface area contributed by atoms with Crippen molar-refractivity contribution in [3.05, 3.63) is 59.0 Å². The van der Waals surface area contributed by atoms with Gasteiger partial charge in [-0.3, -0.25) is 0 Å². The molecule has 7 nitrogen and oxygen atoms in total. The molecular formula is C20H19F3N5O2+. The predicted molar refractivity (Wildman–Crippen MR) is 104 cm³/mol. The molecule has 0 saturated heterocycles. The van der Waals surface area contributed by atoms with Crippen LogP contribution in [0.25, 0.3) is 11.5 Å². The summed E-state index contributed by atoms with van der Waals surface area (Å²) >= 11 is 0. The molecule has 0 spiro atoms. The Morgan fingerprint density at radius 1 is 1.17 bits per heavy atom. The first-order chi connectivity index (χ1) is 14.1. The molecule has 0 unspecified atom stereocenters. The second-order valence-electron chi connectivity index (χ2n) is 6.75. The van der Waals surface area contributed by atoms with E-state index in [0.29, 0.717) is 11.3 Å². The largest absolute Gasteiger partial charge is 0.441 e. The van der Waals surface area contributed by atoms with E-state index in [9.17, 15) is 13.2 Å². The first kappa shape index (κ1) is 21.1. The van der Waals surface area contributed by atoms with Gasteiger partial charge in [0.25, 0.3) is 0 Å². The smallest absolute Gasteiger partial charge is 0.418 e. The normalized spacial score (nSPS) is 13.5. The van der Waals surface area contributed by atoms with Gasteiger partial charge in [-0.2, -0.15) is 18.4 Å². The van der Waals surface area contributed by atoms with Crippen LogP contribution in [0.5, 0.6) is 0 Å². The Labute approximate surface area is 170 Å². The Morgan fingerprint density at radius 3 is 2.40 bits per heavy atom. The average Bonchev–Trinajstić information content (AvgIpc) is 3.15. The lowest BCUT2D eigenvalue weighted by Crippen LogP contribution is -2.24. The Kier molecular flexibility index (Phi) is 5.67. The number of nitriles is 1. The highest BCUT2D eigenvalue weighted by Gasteiger charge is 2.37. The van der Waals surface area contributed by atoms with Gasteiger partial charge in [0.15, 0.2) is 12.1 Å². The summed E-state index contributed by atoms with van der Waals surface area (Å²) in [5.74, 6) is 0.256. The van der Waals surface area contributed by atoms with Gasteiger partial charge in [-0.25, -0.2) is 0 Å². The van der Waals surface area contributed by atoms with Gasteiger partial charge in [-0.1, -0.05) is 0 Å². The molecule has 1 heterocycles. The molecule has 2 aromatic carbocycles. The van der Waals surface area contributed by atoms with E-state index in [4.69, 9.17) is 20.5 Å². The number of hydrogen-bond donors (Lipinski definition) is 2. The zero-order valence-corrected chi connectivity index (χ0v) is 16.1. The highest BCUT2D eigenvalue weighted by Crippen LogP contribution is 2.38. The monoisotopic (exact) mass is 418 g/mol. The molecule has 30 heavy (non-hydrogen) atoms. The van der Waals surface area contributed by atoms with Crippen LogP contribution in [-0.2, 0) is 6.18 Å². The van der Waals surface area contributed by atoms with Crippen LogP contribution in [0.3, 0.4) is 0 Å². The SMILES string of the molecule is Cc1c(N[C@@H](c2nnc(-c3ccc(N)cc3)o2)[C@H](C)[OH2+])ccc(C#N)c1C(F)(F)F. The van der Waals surface area contributed by atoms with Gasteiger partial charge in [-0.15, -0.1) is 10.2 Å². The molecule has 0 bridgehead atoms. The molecule has 5 N–H and O–H groups in total. The third-order valence-electron chi connectivity index (χ3n) is 4.54. The van der Waals surface area contributed by atoms with E-state index < -0.39 is 29.4 Å². The quantitative estimate of drug-likeness (QED) is 0.480. The number of benzene rings is 2. The minimum Gasteiger partial charge on any atom is -0.441 e. The first-order valence-electron chi connectivity index (χ1n) is 8.89. The van der Waals surface area contributed by atoms with E-state index in [2.05, 4.69) is 15.5 Å². The topological polar surface area (TPSA) is 124 Å². The van der Waals surface area contributed by atoms with Crippen LogP contribution in [0.15, 0.2) is 40.8 Å². The van der Waals surface area contributed by atoms with Crippen LogP contribution >= 0.6 is 0 Å². The number of alkyl halides is 3. The number of anilines is 2. The third-order valence-corrected chi connectivity index (χ3v) is 4.54. The summed E-state index contributed by atoms with van der Waals surface area (Å²) in [5.41, 5.74) is 5.34. The third kappa shape index (κ3) is 4.21. The van der Waals surface area contributed by atoms with Gasteiger partial charge >= 0.3 is 6.18 Å². The highest BCUT2D eigenvalue weighted by atomic mass is 19.4. The fraction of sp³-hybridized carbons (Fsp3) is 0.250. The molecule has 2 atom stereocenters. The molecule has 0 fully saturated rings. The molecule has 0 aliphatic carbocycles. The molecule has 1 aromatic heterocycles. The van der Waals surface area contributed by atoms with Crippen LogP contribution in [-0.4, -0.2) is 21.4 Å². The Hall–Kier alpha value is -3.58. The van der Waals surface area contributed by atoms with Crippen molar-refractivity contribution in [2.45, 2.75) is 32.2 Å². The maximum atomic E-state index is 13.4. The molecule has 156 valence electrons. The Balaban J connectivity index is 1.96. The summed E-state index contributed by atoms with van der Waals surface area (Å²) < 4.78 is 46.0. The number of nitrogens with two attached hydrogens (primary N) is 1. The minimum atomic E-state index is -4.69. The van der Waals surface area contributed by atoms with Crippen LogP contribution in [0.4, 0.5) is 24.5 Å². The van der Waals surface area contributed by atoms with E-state index in [0.717, 1.165) is 6.07 Å². The number of rotatable bonds is 5. The lowest BCUT2D eigenvalue weighted by Gasteiger charge is -2.21. The zero-order chi connectivity index (χ0) is 22.1. The number of nitrogens with zero attached hydrogens (tertiary/aromatic N) is 3. The summed E-state index contributed by atoms with van der Waals surface area (Å²) in [6.07, 6.45) is -5.52. The standard InChI is InChI=1S/C20H18F3N5O2/c1-10-15(8-5-13(9-24)16(10)20(21,22)23)26-17(11(2)29)19-28-27-18(30-19)12-3-6-14(25)7-4-12/h3-8,11,17,26,29H,25H2,1-2H3/p+1/t11-,17+/m0/s1. The summed E-state index contributed by atoms with van der Waals surface area (Å²) in [6, 6.07) is 9.89. The van der Waals surface area contributed by atoms with Crippen molar-refractivity contribution in [2.75, 3.05) is 11.1 Å². The van der Waals surface area contributed by atoms with Gasteiger partial charge in [0.1, 0.15) is 0 Å². The average molecular weight is 418 g/mol. The predicted octanol–water partition coefficient (Wildman–Crippen LogP) is 3.78. The number of halogens is 3. The summed E-state index contributed by atoms with van der Waals surface area (Å²) in [7, 11) is 0. The van der Waals surface area contributed by atoms with E-state index >= 15 is 0 Å². The Bertz CT molecular complexity index is 1090. The first-order valence-corrected chi connectivity index (χ1v) is 8.89. The fourth-order valence-electron chi connectivity index (χ4n) is 3.00. The van der Waals surface area contributed by atoms with Gasteiger partial charge in [0.05, 0.1) is 17.2 Å².